The third kappa shape index (κ3) is 1.84. The number of benzene rings is 1. The highest BCUT2D eigenvalue weighted by Gasteiger charge is 2.48. The van der Waals surface area contributed by atoms with Crippen LogP contribution in [0.2, 0.25) is 0 Å². The van der Waals surface area contributed by atoms with Gasteiger partial charge in [-0.2, -0.15) is 0 Å². The molecule has 17 heavy (non-hydrogen) atoms. The van der Waals surface area contributed by atoms with Crippen LogP contribution in [0.4, 0.5) is 5.69 Å². The van der Waals surface area contributed by atoms with E-state index in [0.717, 1.165) is 12.1 Å². The first kappa shape index (κ1) is 10.8. The molecule has 2 fully saturated rings. The molecule has 0 radical (unpaired) electrons. The molecule has 0 aromatic heterocycles. The minimum atomic E-state index is 0.0222. The highest BCUT2D eigenvalue weighted by Crippen LogP contribution is 2.47. The third-order valence-corrected chi connectivity index (χ3v) is 4.32. The minimum Gasteiger partial charge on any atom is -0.327 e. The zero-order valence-electron chi connectivity index (χ0n) is 9.80. The molecule has 4 unspecified atom stereocenters. The Morgan fingerprint density at radius 1 is 1.18 bits per heavy atom. The summed E-state index contributed by atoms with van der Waals surface area (Å²) in [5, 5.41) is 2.98. The number of hydrogen-bond donors (Lipinski definition) is 2. The number of nitrogens with one attached hydrogen (secondary N) is 1. The summed E-state index contributed by atoms with van der Waals surface area (Å²) in [6.45, 7) is 0. The van der Waals surface area contributed by atoms with E-state index >= 15 is 0 Å². The number of para-hydroxylation sites is 1. The summed E-state index contributed by atoms with van der Waals surface area (Å²) >= 11 is 0. The molecule has 2 bridgehead atoms. The Morgan fingerprint density at radius 3 is 2.53 bits per heavy atom. The molecule has 0 saturated heterocycles. The summed E-state index contributed by atoms with van der Waals surface area (Å²) in [5.74, 6) is 1.22. The molecule has 1 aromatic carbocycles. The van der Waals surface area contributed by atoms with Crippen molar-refractivity contribution in [3.8, 4) is 0 Å². The van der Waals surface area contributed by atoms with Crippen LogP contribution in [0.5, 0.6) is 0 Å². The molecule has 2 aliphatic carbocycles. The van der Waals surface area contributed by atoms with E-state index in [0.29, 0.717) is 11.8 Å². The molecule has 2 aliphatic rings. The van der Waals surface area contributed by atoms with E-state index in [2.05, 4.69) is 5.32 Å². The van der Waals surface area contributed by atoms with Gasteiger partial charge in [-0.05, 0) is 43.2 Å². The van der Waals surface area contributed by atoms with Crippen molar-refractivity contribution in [3.63, 3.8) is 0 Å². The Hall–Kier alpha value is -1.35. The Labute approximate surface area is 101 Å². The van der Waals surface area contributed by atoms with Crippen molar-refractivity contribution in [1.29, 1.82) is 0 Å². The van der Waals surface area contributed by atoms with Crippen LogP contribution in [-0.2, 0) is 4.79 Å². The van der Waals surface area contributed by atoms with Crippen LogP contribution in [0.3, 0.4) is 0 Å². The first-order valence-electron chi connectivity index (χ1n) is 6.37. The van der Waals surface area contributed by atoms with Crippen LogP contribution < -0.4 is 11.1 Å². The Balaban J connectivity index is 1.71. The highest BCUT2D eigenvalue weighted by atomic mass is 16.2. The van der Waals surface area contributed by atoms with Crippen molar-refractivity contribution in [2.24, 2.45) is 23.5 Å². The van der Waals surface area contributed by atoms with Gasteiger partial charge in [0, 0.05) is 11.7 Å². The number of fused-ring (bicyclic) bond motifs is 2. The van der Waals surface area contributed by atoms with E-state index in [1.165, 1.54) is 12.8 Å². The number of carbonyl (C=O) groups is 1. The lowest BCUT2D eigenvalue weighted by Crippen LogP contribution is -2.42. The molecular formula is C14H18N2O. The molecule has 0 spiro atoms. The van der Waals surface area contributed by atoms with Crippen LogP contribution in [0, 0.1) is 17.8 Å². The lowest BCUT2D eigenvalue weighted by atomic mass is 9.84. The van der Waals surface area contributed by atoms with Crippen molar-refractivity contribution >= 4 is 11.6 Å². The van der Waals surface area contributed by atoms with E-state index in [-0.39, 0.29) is 17.9 Å². The minimum absolute atomic E-state index is 0.0222. The summed E-state index contributed by atoms with van der Waals surface area (Å²) in [6.07, 6.45) is 3.53. The van der Waals surface area contributed by atoms with Crippen molar-refractivity contribution < 1.29 is 4.79 Å². The van der Waals surface area contributed by atoms with Gasteiger partial charge in [-0.15, -0.1) is 0 Å². The van der Waals surface area contributed by atoms with Gasteiger partial charge in [0.15, 0.2) is 0 Å². The van der Waals surface area contributed by atoms with Crippen LogP contribution >= 0.6 is 0 Å². The van der Waals surface area contributed by atoms with Gasteiger partial charge in [-0.25, -0.2) is 0 Å². The molecule has 1 amide bonds. The smallest absolute Gasteiger partial charge is 0.229 e. The lowest BCUT2D eigenvalue weighted by molar-refractivity contribution is -0.121. The van der Waals surface area contributed by atoms with Crippen molar-refractivity contribution in [2.75, 3.05) is 5.32 Å². The molecule has 3 nitrogen and oxygen atoms in total. The van der Waals surface area contributed by atoms with Gasteiger partial charge in [0.25, 0.3) is 0 Å². The number of hydrogen-bond acceptors (Lipinski definition) is 2. The maximum atomic E-state index is 12.2. The number of rotatable bonds is 2. The second-order valence-corrected chi connectivity index (χ2v) is 5.29. The normalized spacial score (nSPS) is 34.9. The number of carbonyl (C=O) groups excluding carboxylic acids is 1. The zero-order valence-corrected chi connectivity index (χ0v) is 9.80. The zero-order chi connectivity index (χ0) is 11.8. The van der Waals surface area contributed by atoms with Gasteiger partial charge >= 0.3 is 0 Å². The van der Waals surface area contributed by atoms with Gasteiger partial charge in [0.05, 0.1) is 5.92 Å². The fourth-order valence-electron chi connectivity index (χ4n) is 3.47. The Bertz CT molecular complexity index is 415. The summed E-state index contributed by atoms with van der Waals surface area (Å²) < 4.78 is 0. The maximum absolute atomic E-state index is 12.2. The van der Waals surface area contributed by atoms with E-state index in [1.54, 1.807) is 0 Å². The molecule has 0 heterocycles. The van der Waals surface area contributed by atoms with E-state index in [1.807, 2.05) is 30.3 Å². The fraction of sp³-hybridized carbons (Fsp3) is 0.500. The lowest BCUT2D eigenvalue weighted by Gasteiger charge is -2.26. The second kappa shape index (κ2) is 4.15. The number of anilines is 1. The average Bonchev–Trinajstić information content (AvgIpc) is 2.90. The molecule has 3 rings (SSSR count). The van der Waals surface area contributed by atoms with Crippen LogP contribution in [0.1, 0.15) is 19.3 Å². The van der Waals surface area contributed by atoms with E-state index in [9.17, 15) is 4.79 Å². The standard InChI is InChI=1S/C14H18N2O/c15-13-10-7-6-9(8-10)12(13)14(17)16-11-4-2-1-3-5-11/h1-5,9-10,12-13H,6-8,15H2,(H,16,17). The van der Waals surface area contributed by atoms with Gasteiger partial charge < -0.3 is 11.1 Å². The van der Waals surface area contributed by atoms with Gasteiger partial charge in [-0.3, -0.25) is 4.79 Å². The summed E-state index contributed by atoms with van der Waals surface area (Å²) in [4.78, 5) is 12.2. The predicted molar refractivity (Wildman–Crippen MR) is 67.4 cm³/mol. The molecule has 2 saturated carbocycles. The third-order valence-electron chi connectivity index (χ3n) is 4.32. The van der Waals surface area contributed by atoms with Gasteiger partial charge in [0.1, 0.15) is 0 Å². The number of amides is 1. The molecule has 0 aliphatic heterocycles. The second-order valence-electron chi connectivity index (χ2n) is 5.29. The highest BCUT2D eigenvalue weighted by molar-refractivity contribution is 5.93. The molecule has 4 atom stereocenters. The Morgan fingerprint density at radius 2 is 1.88 bits per heavy atom. The summed E-state index contributed by atoms with van der Waals surface area (Å²) in [5.41, 5.74) is 7.03. The monoisotopic (exact) mass is 230 g/mol. The first-order valence-corrected chi connectivity index (χ1v) is 6.37. The first-order chi connectivity index (χ1) is 8.25. The topological polar surface area (TPSA) is 55.1 Å². The largest absolute Gasteiger partial charge is 0.327 e. The molecule has 3 N–H and O–H groups in total. The van der Waals surface area contributed by atoms with Gasteiger partial charge in [0.2, 0.25) is 5.91 Å². The van der Waals surface area contributed by atoms with E-state index < -0.39 is 0 Å². The van der Waals surface area contributed by atoms with Crippen LogP contribution in [0.15, 0.2) is 30.3 Å². The molecule has 3 heteroatoms. The van der Waals surface area contributed by atoms with Crippen LogP contribution in [0.25, 0.3) is 0 Å². The quantitative estimate of drug-likeness (QED) is 0.816. The maximum Gasteiger partial charge on any atom is 0.229 e. The van der Waals surface area contributed by atoms with Crippen molar-refractivity contribution in [3.05, 3.63) is 30.3 Å². The van der Waals surface area contributed by atoms with Crippen LogP contribution in [-0.4, -0.2) is 11.9 Å². The Kier molecular flexibility index (Phi) is 2.63. The fourth-order valence-corrected chi connectivity index (χ4v) is 3.47. The predicted octanol–water partition coefficient (Wildman–Crippen LogP) is 2.00. The number of nitrogens with two attached hydrogens (primary N) is 1. The van der Waals surface area contributed by atoms with Crippen molar-refractivity contribution in [1.82, 2.24) is 0 Å². The van der Waals surface area contributed by atoms with Gasteiger partial charge in [-0.1, -0.05) is 18.2 Å². The van der Waals surface area contributed by atoms with Crippen molar-refractivity contribution in [2.45, 2.75) is 25.3 Å². The summed E-state index contributed by atoms with van der Waals surface area (Å²) in [6, 6.07) is 9.69. The molecule has 90 valence electrons. The van der Waals surface area contributed by atoms with E-state index in [4.69, 9.17) is 5.73 Å². The summed E-state index contributed by atoms with van der Waals surface area (Å²) in [7, 11) is 0. The molecular weight excluding hydrogens is 212 g/mol. The average molecular weight is 230 g/mol. The molecule has 1 aromatic rings. The SMILES string of the molecule is NC1C2CCC(C2)C1C(=O)Nc1ccccc1.